The fourth-order valence-corrected chi connectivity index (χ4v) is 1.42. The second-order valence-electron chi connectivity index (χ2n) is 14.3. The lowest BCUT2D eigenvalue weighted by atomic mass is 10.3. The van der Waals surface area contributed by atoms with E-state index in [1.54, 1.807) is 6.92 Å². The van der Waals surface area contributed by atoms with Crippen LogP contribution in [0.2, 0.25) is 0 Å². The van der Waals surface area contributed by atoms with E-state index in [1.807, 2.05) is 0 Å². The quantitative estimate of drug-likeness (QED) is 0.0674. The van der Waals surface area contributed by atoms with Crippen molar-refractivity contribution in [3.05, 3.63) is 0 Å². The van der Waals surface area contributed by atoms with Gasteiger partial charge in [-0.1, -0.05) is 6.92 Å². The summed E-state index contributed by atoms with van der Waals surface area (Å²) < 4.78 is 3.38. The molecule has 0 aromatic carbocycles. The van der Waals surface area contributed by atoms with E-state index in [-0.39, 0.29) is 46.1 Å². The number of rotatable bonds is 12. The van der Waals surface area contributed by atoms with Crippen LogP contribution in [0.4, 0.5) is 0 Å². The van der Waals surface area contributed by atoms with Crippen LogP contribution in [0.25, 0.3) is 0 Å². The molecule has 0 spiro atoms. The van der Waals surface area contributed by atoms with Crippen LogP contribution < -0.4 is 20.4 Å². The number of aliphatic hydroxyl groups is 8. The van der Waals surface area contributed by atoms with E-state index in [2.05, 4.69) is 84.6 Å². The summed E-state index contributed by atoms with van der Waals surface area (Å²) in [4.78, 5) is 35.6. The molecule has 1 atom stereocenters. The smallest absolute Gasteiger partial charge is 0.101 e. The van der Waals surface area contributed by atoms with E-state index in [4.69, 9.17) is 70.6 Å². The van der Waals surface area contributed by atoms with Gasteiger partial charge in [0.25, 0.3) is 0 Å². The molecule has 0 bridgehead atoms. The number of carbonyl (C=O) groups is 4. The molecule has 0 aliphatic heterocycles. The van der Waals surface area contributed by atoms with Gasteiger partial charge >= 0.3 is 0 Å². The summed E-state index contributed by atoms with van der Waals surface area (Å²) in [6, 6.07) is 0. The summed E-state index contributed by atoms with van der Waals surface area (Å²) in [5, 5.41) is 101. The van der Waals surface area contributed by atoms with Crippen molar-refractivity contribution < 1.29 is 98.4 Å². The molecule has 52 heavy (non-hydrogen) atoms. The van der Waals surface area contributed by atoms with Crippen molar-refractivity contribution in [1.82, 2.24) is 0 Å². The number of hydrogen-bond donors (Lipinski definition) is 8. The summed E-state index contributed by atoms with van der Waals surface area (Å²) in [7, 11) is 24.6. The molecule has 0 saturated heterocycles. The fourth-order valence-electron chi connectivity index (χ4n) is 1.42. The number of carboxylic acid groups (broad SMARTS) is 4. The number of quaternary nitrogens is 4. The van der Waals surface area contributed by atoms with E-state index in [0.717, 1.165) is 58.0 Å². The Labute approximate surface area is 312 Å². The third-order valence-corrected chi connectivity index (χ3v) is 4.16. The van der Waals surface area contributed by atoms with Crippen molar-refractivity contribution in [2.24, 2.45) is 0 Å². The normalized spacial score (nSPS) is 10.6. The Morgan fingerprint density at radius 2 is 0.692 bits per heavy atom. The van der Waals surface area contributed by atoms with E-state index in [9.17, 15) is 9.90 Å². The van der Waals surface area contributed by atoms with Crippen LogP contribution in [0.5, 0.6) is 0 Å². The van der Waals surface area contributed by atoms with Gasteiger partial charge in [0.2, 0.25) is 0 Å². The van der Waals surface area contributed by atoms with Crippen LogP contribution in [0, 0.1) is 0 Å². The molecule has 20 heteroatoms. The van der Waals surface area contributed by atoms with Crippen LogP contribution >= 0.6 is 0 Å². The summed E-state index contributed by atoms with van der Waals surface area (Å²) >= 11 is 0. The van der Waals surface area contributed by atoms with Crippen LogP contribution in [0.3, 0.4) is 0 Å². The van der Waals surface area contributed by atoms with Gasteiger partial charge in [-0.25, -0.2) is 0 Å². The number of aliphatic carboxylic acids is 3. The minimum absolute atomic E-state index is 0.211. The van der Waals surface area contributed by atoms with E-state index >= 15 is 0 Å². The average molecular weight is 775 g/mol. The number of carboxylic acids is 3. The van der Waals surface area contributed by atoms with Gasteiger partial charge in [0.05, 0.1) is 136 Å². The predicted molar refractivity (Wildman–Crippen MR) is 189 cm³/mol. The highest BCUT2D eigenvalue weighted by molar-refractivity contribution is 5.69. The molecule has 8 N–H and O–H groups in total. The third-order valence-electron chi connectivity index (χ3n) is 4.16. The summed E-state index contributed by atoms with van der Waals surface area (Å²) in [6.45, 7) is 6.74. The summed E-state index contributed by atoms with van der Waals surface area (Å²) in [5.74, 6) is -3.57. The molecule has 1 unspecified atom stereocenters. The van der Waals surface area contributed by atoms with Crippen molar-refractivity contribution in [1.29, 1.82) is 0 Å². The standard InChI is InChI=1S/4C5H14NO.C4H8O3.C3H8O3.2C2H4O2.CH2O2/c4*1-6(2,3)4-5-7;1-2-3(5)4(6)7;4-1-3(6)2-5;2*1-2(3)4;2-1-3/h4*7H,4-5H2,1-3H3;3,5H,2H2,1H3,(H,6,7);3-6H,1-2H2;2*1H3,(H,3,4);1H,(H,2,3)/q4*+1;;;;;/p-4. The monoisotopic (exact) mass is 775 g/mol. The van der Waals surface area contributed by atoms with Crippen molar-refractivity contribution in [3.8, 4) is 0 Å². The van der Waals surface area contributed by atoms with Crippen molar-refractivity contribution >= 4 is 24.4 Å². The number of aliphatic hydroxyl groups excluding tert-OH is 8. The Hall–Kier alpha value is -2.60. The molecule has 0 aliphatic carbocycles. The Bertz CT molecular complexity index is 663. The maximum atomic E-state index is 9.57. The van der Waals surface area contributed by atoms with Crippen LogP contribution in [-0.4, -0.2) is 246 Å². The molecule has 20 nitrogen and oxygen atoms in total. The first kappa shape index (κ1) is 70.9. The van der Waals surface area contributed by atoms with Gasteiger partial charge in [-0.3, -0.25) is 0 Å². The van der Waals surface area contributed by atoms with Crippen LogP contribution in [-0.2, 0) is 19.2 Å². The second kappa shape index (κ2) is 46.4. The van der Waals surface area contributed by atoms with Crippen molar-refractivity contribution in [3.63, 3.8) is 0 Å². The molecule has 0 aromatic rings. The predicted octanol–water partition coefficient (Wildman–Crippen LogP) is -8.54. The molecule has 0 radical (unpaired) electrons. The maximum absolute atomic E-state index is 9.57. The molecule has 0 rings (SSSR count). The Kier molecular flexibility index (Phi) is 63.3. The lowest BCUT2D eigenvalue weighted by Crippen LogP contribution is -2.36. The van der Waals surface area contributed by atoms with Gasteiger partial charge in [0.1, 0.15) is 32.3 Å². The molecule has 0 aliphatic rings. The second-order valence-corrected chi connectivity index (χ2v) is 14.3. The van der Waals surface area contributed by atoms with E-state index in [0.29, 0.717) is 0 Å². The minimum atomic E-state index is -1.40. The highest BCUT2D eigenvalue weighted by Crippen LogP contribution is 1.87. The number of likely N-dealkylation sites (N-methyl/N-ethyl adjacent to an activating group) is 4. The fraction of sp³-hybridized carbons (Fsp3) is 0.875. The van der Waals surface area contributed by atoms with Crippen LogP contribution in [0.1, 0.15) is 27.2 Å². The lowest BCUT2D eigenvalue weighted by Gasteiger charge is -2.21. The lowest BCUT2D eigenvalue weighted by molar-refractivity contribution is -0.870. The molecular weight excluding hydrogens is 696 g/mol. The Morgan fingerprint density at radius 1 is 0.538 bits per heavy atom. The first-order chi connectivity index (χ1) is 23.1. The van der Waals surface area contributed by atoms with Crippen molar-refractivity contribution in [2.45, 2.75) is 39.4 Å². The zero-order chi connectivity index (χ0) is 44.4. The molecule has 0 heterocycles. The highest BCUT2D eigenvalue weighted by atomic mass is 16.4. The summed E-state index contributed by atoms with van der Waals surface area (Å²) in [6.07, 6.45) is -2.03. The van der Waals surface area contributed by atoms with Gasteiger partial charge in [0, 0.05) is 18.4 Å². The molecule has 0 amide bonds. The molecule has 322 valence electrons. The molecular formula is C32H78N4O16. The molecule has 0 fully saturated rings. The molecule has 0 saturated carbocycles. The van der Waals surface area contributed by atoms with Gasteiger partial charge in [-0.2, -0.15) is 0 Å². The topological polar surface area (TPSA) is 322 Å². The minimum Gasteiger partial charge on any atom is -0.554 e. The number of hydrogen-bond acceptors (Lipinski definition) is 16. The van der Waals surface area contributed by atoms with Crippen LogP contribution in [0.15, 0.2) is 0 Å². The highest BCUT2D eigenvalue weighted by Gasteiger charge is 2.04. The Balaban J connectivity index is -0.0000000578. The largest absolute Gasteiger partial charge is 0.554 e. The van der Waals surface area contributed by atoms with Gasteiger partial charge < -0.3 is 98.4 Å². The van der Waals surface area contributed by atoms with E-state index in [1.165, 1.54) is 0 Å². The molecule has 0 aromatic heterocycles. The summed E-state index contributed by atoms with van der Waals surface area (Å²) in [5.41, 5.74) is 0. The van der Waals surface area contributed by atoms with Gasteiger partial charge in [-0.15, -0.1) is 0 Å². The van der Waals surface area contributed by atoms with Gasteiger partial charge in [-0.05, 0) is 20.3 Å². The first-order valence-electron chi connectivity index (χ1n) is 16.0. The SMILES string of the molecule is CC(=O)[O-].CC(=O)[O-].CCC(O)C(=O)[O-].C[N+](C)(C)CCO.C[N+](C)(C)CCO.C[N+](C)(C)CCO.C[N+](C)(C)CCO.O=C[O-].OCC(O)CO. The zero-order valence-corrected chi connectivity index (χ0v) is 34.6. The van der Waals surface area contributed by atoms with E-state index < -0.39 is 36.6 Å². The number of nitrogens with zero attached hydrogens (tertiary/aromatic N) is 4. The zero-order valence-electron chi connectivity index (χ0n) is 34.6. The number of carbonyl (C=O) groups excluding carboxylic acids is 4. The third kappa shape index (κ3) is 186. The maximum Gasteiger partial charge on any atom is 0.101 e. The van der Waals surface area contributed by atoms with Crippen molar-refractivity contribution in [2.75, 3.05) is 150 Å². The first-order valence-corrected chi connectivity index (χ1v) is 16.0. The Morgan fingerprint density at radius 3 is 0.692 bits per heavy atom. The average Bonchev–Trinajstić information content (AvgIpc) is 2.91. The van der Waals surface area contributed by atoms with Gasteiger partial charge in [0.15, 0.2) is 0 Å².